The summed E-state index contributed by atoms with van der Waals surface area (Å²) in [5, 5.41) is 2.97. The van der Waals surface area contributed by atoms with Crippen molar-refractivity contribution in [2.45, 2.75) is 24.9 Å². The number of alkyl halides is 2. The van der Waals surface area contributed by atoms with Crippen molar-refractivity contribution >= 4 is 17.5 Å². The molecular formula is C16H19ClF3N3O. The largest absolute Gasteiger partial charge is 0.339 e. The first-order valence-corrected chi connectivity index (χ1v) is 8.29. The summed E-state index contributed by atoms with van der Waals surface area (Å²) in [5.74, 6) is -3.45. The number of carbonyl (C=O) groups is 1. The molecular weight excluding hydrogens is 343 g/mol. The number of halogens is 4. The molecule has 0 radical (unpaired) electrons. The molecule has 0 aliphatic carbocycles. The molecule has 8 heteroatoms. The Hall–Kier alpha value is -1.31. The first-order valence-electron chi connectivity index (χ1n) is 7.91. The van der Waals surface area contributed by atoms with Gasteiger partial charge in [-0.1, -0.05) is 17.7 Å². The van der Waals surface area contributed by atoms with E-state index in [2.05, 4.69) is 5.32 Å². The molecule has 0 bridgehead atoms. The molecule has 2 aliphatic rings. The molecule has 24 heavy (non-hydrogen) atoms. The van der Waals surface area contributed by atoms with Crippen molar-refractivity contribution < 1.29 is 18.0 Å². The quantitative estimate of drug-likeness (QED) is 0.895. The Morgan fingerprint density at radius 3 is 2.58 bits per heavy atom. The normalized spacial score (nSPS) is 24.3. The van der Waals surface area contributed by atoms with Crippen LogP contribution in [0.1, 0.15) is 12.0 Å². The lowest BCUT2D eigenvalue weighted by molar-refractivity contribution is -0.135. The van der Waals surface area contributed by atoms with Crippen LogP contribution >= 0.6 is 11.6 Å². The number of carbonyl (C=O) groups excluding carboxylic acids is 1. The van der Waals surface area contributed by atoms with Crippen LogP contribution in [0.25, 0.3) is 0 Å². The number of nitrogens with zero attached hydrogens (tertiary/aromatic N) is 2. The number of nitrogens with one attached hydrogen (secondary N) is 1. The van der Waals surface area contributed by atoms with Crippen molar-refractivity contribution in [3.8, 4) is 0 Å². The molecule has 3 rings (SSSR count). The third-order valence-electron chi connectivity index (χ3n) is 4.54. The molecule has 2 aliphatic heterocycles. The van der Waals surface area contributed by atoms with Crippen LogP contribution in [0.4, 0.5) is 13.2 Å². The monoisotopic (exact) mass is 361 g/mol. The second-order valence-corrected chi connectivity index (χ2v) is 6.70. The van der Waals surface area contributed by atoms with Crippen LogP contribution in [0.2, 0.25) is 5.02 Å². The Balaban J connectivity index is 1.54. The highest BCUT2D eigenvalue weighted by molar-refractivity contribution is 6.31. The molecule has 0 spiro atoms. The van der Waals surface area contributed by atoms with Crippen LogP contribution in [0.15, 0.2) is 18.2 Å². The Morgan fingerprint density at radius 1 is 1.29 bits per heavy atom. The Kier molecular flexibility index (Phi) is 5.03. The van der Waals surface area contributed by atoms with Gasteiger partial charge in [-0.05, 0) is 12.1 Å². The van der Waals surface area contributed by atoms with E-state index in [1.54, 1.807) is 17.0 Å². The smallest absolute Gasteiger partial charge is 0.262 e. The zero-order valence-electron chi connectivity index (χ0n) is 13.1. The van der Waals surface area contributed by atoms with Crippen molar-refractivity contribution in [1.29, 1.82) is 0 Å². The summed E-state index contributed by atoms with van der Waals surface area (Å²) >= 11 is 6.03. The number of hydrogen-bond donors (Lipinski definition) is 1. The maximum absolute atomic E-state index is 13.8. The molecule has 1 aromatic carbocycles. The predicted molar refractivity (Wildman–Crippen MR) is 84.6 cm³/mol. The zero-order valence-corrected chi connectivity index (χ0v) is 13.8. The summed E-state index contributed by atoms with van der Waals surface area (Å²) in [5.41, 5.74) is 0.441. The summed E-state index contributed by atoms with van der Waals surface area (Å²) in [6.07, 6.45) is -0.448. The van der Waals surface area contributed by atoms with Crippen LogP contribution < -0.4 is 5.32 Å². The van der Waals surface area contributed by atoms with Gasteiger partial charge in [0, 0.05) is 49.7 Å². The molecule has 0 aromatic heterocycles. The van der Waals surface area contributed by atoms with Crippen molar-refractivity contribution in [3.63, 3.8) is 0 Å². The van der Waals surface area contributed by atoms with E-state index >= 15 is 0 Å². The Bertz CT molecular complexity index is 600. The van der Waals surface area contributed by atoms with Gasteiger partial charge in [0.05, 0.1) is 12.6 Å². The summed E-state index contributed by atoms with van der Waals surface area (Å²) in [6, 6.07) is 3.76. The maximum atomic E-state index is 13.8. The maximum Gasteiger partial charge on any atom is 0.262 e. The van der Waals surface area contributed by atoms with E-state index in [9.17, 15) is 18.0 Å². The highest BCUT2D eigenvalue weighted by Crippen LogP contribution is 2.26. The molecule has 1 aromatic rings. The van der Waals surface area contributed by atoms with E-state index in [1.165, 1.54) is 6.07 Å². The van der Waals surface area contributed by atoms with Crippen LogP contribution in [0, 0.1) is 5.82 Å². The lowest BCUT2D eigenvalue weighted by atomic mass is 10.1. The molecule has 1 N–H and O–H groups in total. The van der Waals surface area contributed by atoms with Crippen LogP contribution in [0.5, 0.6) is 0 Å². The molecule has 2 fully saturated rings. The van der Waals surface area contributed by atoms with Gasteiger partial charge in [0.1, 0.15) is 5.82 Å². The second kappa shape index (κ2) is 6.90. The molecule has 2 heterocycles. The summed E-state index contributed by atoms with van der Waals surface area (Å²) < 4.78 is 40.3. The molecule has 2 saturated heterocycles. The lowest BCUT2D eigenvalue weighted by Crippen LogP contribution is -2.52. The van der Waals surface area contributed by atoms with Gasteiger partial charge in [0.25, 0.3) is 5.92 Å². The van der Waals surface area contributed by atoms with E-state index < -0.39 is 24.9 Å². The van der Waals surface area contributed by atoms with Gasteiger partial charge in [0.15, 0.2) is 0 Å². The molecule has 0 saturated carbocycles. The lowest BCUT2D eigenvalue weighted by Gasteiger charge is -2.36. The summed E-state index contributed by atoms with van der Waals surface area (Å²) in [7, 11) is 0. The van der Waals surface area contributed by atoms with E-state index in [-0.39, 0.29) is 11.7 Å². The van der Waals surface area contributed by atoms with E-state index in [4.69, 9.17) is 11.6 Å². The average Bonchev–Trinajstić information content (AvgIpc) is 2.91. The Morgan fingerprint density at radius 2 is 2.00 bits per heavy atom. The minimum Gasteiger partial charge on any atom is -0.339 e. The Labute approximate surface area is 143 Å². The topological polar surface area (TPSA) is 35.6 Å². The standard InChI is InChI=1S/C16H19ClF3N3O/c17-12-2-1-3-13(18)11(12)9-22-4-6-23(7-5-22)15(24)14-8-16(19,20)10-21-14/h1-3,14,21H,4-10H2. The third-order valence-corrected chi connectivity index (χ3v) is 4.89. The van der Waals surface area contributed by atoms with Crippen molar-refractivity contribution in [1.82, 2.24) is 15.1 Å². The van der Waals surface area contributed by atoms with Gasteiger partial charge < -0.3 is 4.90 Å². The molecule has 1 unspecified atom stereocenters. The minimum absolute atomic E-state index is 0.282. The van der Waals surface area contributed by atoms with Crippen molar-refractivity contribution in [2.75, 3.05) is 32.7 Å². The fourth-order valence-corrected chi connectivity index (χ4v) is 3.37. The van der Waals surface area contributed by atoms with Crippen LogP contribution in [-0.4, -0.2) is 60.4 Å². The zero-order chi connectivity index (χ0) is 17.3. The van der Waals surface area contributed by atoms with Crippen molar-refractivity contribution in [3.05, 3.63) is 34.6 Å². The average molecular weight is 362 g/mol. The number of rotatable bonds is 3. The van der Waals surface area contributed by atoms with E-state index in [0.29, 0.717) is 43.3 Å². The third kappa shape index (κ3) is 3.84. The van der Waals surface area contributed by atoms with Gasteiger partial charge in [-0.2, -0.15) is 0 Å². The number of amides is 1. The van der Waals surface area contributed by atoms with Crippen LogP contribution in [-0.2, 0) is 11.3 Å². The molecule has 1 amide bonds. The van der Waals surface area contributed by atoms with E-state index in [1.807, 2.05) is 4.90 Å². The van der Waals surface area contributed by atoms with Gasteiger partial charge in [-0.3, -0.25) is 15.0 Å². The summed E-state index contributed by atoms with van der Waals surface area (Å²) in [4.78, 5) is 15.9. The van der Waals surface area contributed by atoms with Gasteiger partial charge >= 0.3 is 0 Å². The molecule has 1 atom stereocenters. The number of hydrogen-bond acceptors (Lipinski definition) is 3. The van der Waals surface area contributed by atoms with Crippen LogP contribution in [0.3, 0.4) is 0 Å². The van der Waals surface area contributed by atoms with Gasteiger partial charge in [0.2, 0.25) is 5.91 Å². The number of benzene rings is 1. The molecule has 4 nitrogen and oxygen atoms in total. The van der Waals surface area contributed by atoms with E-state index in [0.717, 1.165) is 0 Å². The number of piperazine rings is 1. The predicted octanol–water partition coefficient (Wildman–Crippen LogP) is 2.12. The second-order valence-electron chi connectivity index (χ2n) is 6.30. The first kappa shape index (κ1) is 17.5. The van der Waals surface area contributed by atoms with Crippen molar-refractivity contribution in [2.24, 2.45) is 0 Å². The highest BCUT2D eigenvalue weighted by Gasteiger charge is 2.43. The van der Waals surface area contributed by atoms with Gasteiger partial charge in [-0.15, -0.1) is 0 Å². The highest BCUT2D eigenvalue weighted by atomic mass is 35.5. The molecule has 132 valence electrons. The first-order chi connectivity index (χ1) is 11.4. The SMILES string of the molecule is O=C(C1CC(F)(F)CN1)N1CCN(Cc2c(F)cccc2Cl)CC1. The minimum atomic E-state index is -2.82. The fraction of sp³-hybridized carbons (Fsp3) is 0.562. The summed E-state index contributed by atoms with van der Waals surface area (Å²) in [6.45, 7) is 1.91. The fourth-order valence-electron chi connectivity index (χ4n) is 3.14. The van der Waals surface area contributed by atoms with Gasteiger partial charge in [-0.25, -0.2) is 13.2 Å².